The highest BCUT2D eigenvalue weighted by Crippen LogP contribution is 2.36. The zero-order valence-electron chi connectivity index (χ0n) is 18.6. The van der Waals surface area contributed by atoms with Gasteiger partial charge in [-0.15, -0.1) is 11.3 Å². The highest BCUT2D eigenvalue weighted by Gasteiger charge is 2.39. The topological polar surface area (TPSA) is 118 Å². The molecule has 1 atom stereocenters. The van der Waals surface area contributed by atoms with Gasteiger partial charge in [0.1, 0.15) is 17.7 Å². The number of hydrogen-bond acceptors (Lipinski definition) is 7. The number of fused-ring (bicyclic) bond motifs is 2. The van der Waals surface area contributed by atoms with Gasteiger partial charge in [-0.2, -0.15) is 0 Å². The van der Waals surface area contributed by atoms with Crippen LogP contribution in [0.4, 0.5) is 13.6 Å². The number of aryl methyl sites for hydroxylation is 1. The number of imide groups is 1. The number of piperidine rings is 1. The largest absolute Gasteiger partial charge is 0.442 e. The minimum Gasteiger partial charge on any atom is -0.442 e. The smallest absolute Gasteiger partial charge is 0.407 e. The molecule has 1 aromatic carbocycles. The number of amides is 4. The summed E-state index contributed by atoms with van der Waals surface area (Å²) in [6, 6.07) is 4.53. The fraction of sp³-hybridized carbons (Fsp3) is 0.435. The van der Waals surface area contributed by atoms with Crippen LogP contribution < -0.4 is 10.6 Å². The van der Waals surface area contributed by atoms with Gasteiger partial charge in [0.05, 0.1) is 5.69 Å². The first kappa shape index (κ1) is 23.3. The molecule has 1 aliphatic carbocycles. The van der Waals surface area contributed by atoms with Crippen molar-refractivity contribution in [2.24, 2.45) is 0 Å². The number of ether oxygens (including phenoxy) is 1. The van der Waals surface area contributed by atoms with Gasteiger partial charge in [0.15, 0.2) is 0 Å². The molecule has 184 valence electrons. The summed E-state index contributed by atoms with van der Waals surface area (Å²) in [5.41, 5.74) is 2.54. The summed E-state index contributed by atoms with van der Waals surface area (Å²) >= 11 is 1.13. The second kappa shape index (κ2) is 8.99. The van der Waals surface area contributed by atoms with E-state index in [2.05, 4.69) is 15.6 Å². The van der Waals surface area contributed by atoms with Crippen LogP contribution in [-0.4, -0.2) is 45.7 Å². The van der Waals surface area contributed by atoms with Crippen molar-refractivity contribution in [3.05, 3.63) is 50.5 Å². The average Bonchev–Trinajstić information content (AvgIpc) is 3.35. The van der Waals surface area contributed by atoms with E-state index in [0.29, 0.717) is 26.7 Å². The van der Waals surface area contributed by atoms with E-state index in [-0.39, 0.29) is 63.6 Å². The monoisotopic (exact) mass is 504 g/mol. The van der Waals surface area contributed by atoms with Crippen molar-refractivity contribution in [2.75, 3.05) is 0 Å². The summed E-state index contributed by atoms with van der Waals surface area (Å²) in [5.74, 6) is -3.82. The van der Waals surface area contributed by atoms with Gasteiger partial charge in [-0.1, -0.05) is 12.1 Å². The molecule has 0 saturated carbocycles. The summed E-state index contributed by atoms with van der Waals surface area (Å²) in [5, 5.41) is 5.35. The maximum atomic E-state index is 13.6. The molecule has 0 radical (unpaired) electrons. The number of nitrogens with zero attached hydrogens (tertiary/aromatic N) is 2. The van der Waals surface area contributed by atoms with Crippen LogP contribution in [0.15, 0.2) is 18.2 Å². The van der Waals surface area contributed by atoms with E-state index in [1.165, 1.54) is 4.90 Å². The lowest BCUT2D eigenvalue weighted by molar-refractivity contribution is -0.136. The number of alkyl halides is 2. The lowest BCUT2D eigenvalue weighted by Crippen LogP contribution is -2.52. The number of carbonyl (C=O) groups excluding carboxylic acids is 4. The third-order valence-electron chi connectivity index (χ3n) is 6.33. The Bertz CT molecular complexity index is 1230. The van der Waals surface area contributed by atoms with Crippen molar-refractivity contribution in [1.29, 1.82) is 0 Å². The first-order chi connectivity index (χ1) is 16.7. The van der Waals surface area contributed by atoms with E-state index in [1.54, 1.807) is 18.2 Å². The maximum absolute atomic E-state index is 13.6. The van der Waals surface area contributed by atoms with Crippen molar-refractivity contribution >= 4 is 35.2 Å². The Balaban J connectivity index is 1.14. The number of halogens is 2. The minimum absolute atomic E-state index is 0.110. The Labute approximate surface area is 202 Å². The molecule has 3 heterocycles. The molecule has 1 unspecified atom stereocenters. The van der Waals surface area contributed by atoms with Crippen molar-refractivity contribution in [3.63, 3.8) is 0 Å². The van der Waals surface area contributed by atoms with Gasteiger partial charge in [0.2, 0.25) is 11.8 Å². The normalized spacial score (nSPS) is 20.8. The number of alkyl carbamates (subject to hydrolysis) is 1. The minimum atomic E-state index is -2.72. The van der Waals surface area contributed by atoms with Gasteiger partial charge < -0.3 is 15.0 Å². The summed E-state index contributed by atoms with van der Waals surface area (Å²) in [6.45, 7) is 0.275. The lowest BCUT2D eigenvalue weighted by Gasteiger charge is -2.29. The molecule has 1 aromatic heterocycles. The average molecular weight is 505 g/mol. The van der Waals surface area contributed by atoms with Gasteiger partial charge >= 0.3 is 6.09 Å². The maximum Gasteiger partial charge on any atom is 0.407 e. The van der Waals surface area contributed by atoms with E-state index in [1.807, 2.05) is 0 Å². The fourth-order valence-corrected chi connectivity index (χ4v) is 5.63. The van der Waals surface area contributed by atoms with Gasteiger partial charge in [0.25, 0.3) is 11.8 Å². The van der Waals surface area contributed by atoms with Crippen LogP contribution in [0.2, 0.25) is 0 Å². The molecule has 2 aromatic rings. The van der Waals surface area contributed by atoms with Crippen LogP contribution in [0.3, 0.4) is 0 Å². The molecular formula is C23H22F2N4O5S. The zero-order chi connectivity index (χ0) is 24.7. The molecule has 12 heteroatoms. The number of rotatable bonds is 5. The quantitative estimate of drug-likeness (QED) is 0.604. The van der Waals surface area contributed by atoms with E-state index in [9.17, 15) is 28.0 Å². The van der Waals surface area contributed by atoms with Gasteiger partial charge in [-0.3, -0.25) is 19.7 Å². The first-order valence-electron chi connectivity index (χ1n) is 11.2. The Morgan fingerprint density at radius 2 is 2.11 bits per heavy atom. The predicted octanol–water partition coefficient (Wildman–Crippen LogP) is 2.45. The van der Waals surface area contributed by atoms with E-state index in [0.717, 1.165) is 16.9 Å². The van der Waals surface area contributed by atoms with E-state index >= 15 is 0 Å². The summed E-state index contributed by atoms with van der Waals surface area (Å²) < 4.78 is 32.3. The molecule has 2 N–H and O–H groups in total. The Kier molecular flexibility index (Phi) is 5.99. The first-order valence-corrected chi connectivity index (χ1v) is 12.0. The third-order valence-corrected chi connectivity index (χ3v) is 7.40. The molecule has 1 saturated heterocycles. The number of hydrogen-bond donors (Lipinski definition) is 2. The van der Waals surface area contributed by atoms with Crippen molar-refractivity contribution in [1.82, 2.24) is 20.5 Å². The number of nitrogens with one attached hydrogen (secondary N) is 2. The Morgan fingerprint density at radius 3 is 2.91 bits per heavy atom. The molecular weight excluding hydrogens is 482 g/mol. The van der Waals surface area contributed by atoms with Gasteiger partial charge in [-0.25, -0.2) is 18.6 Å². The van der Waals surface area contributed by atoms with Crippen LogP contribution in [0.25, 0.3) is 0 Å². The van der Waals surface area contributed by atoms with Crippen molar-refractivity contribution in [2.45, 2.75) is 63.8 Å². The van der Waals surface area contributed by atoms with Crippen LogP contribution in [0.1, 0.15) is 56.3 Å². The standard InChI is InChI=1S/C23H22F2N4O5S/c24-23(25)6-5-15-17(8-23)35-19(27-15)11-34-22(33)26-9-12-1-2-13-10-29(21(32)14(13)7-12)16-3-4-18(30)28-20(16)31/h1-2,7,16H,3-6,8-11H2,(H,26,33)(H,28,30,31). The number of aromatic nitrogens is 1. The second-order valence-electron chi connectivity index (χ2n) is 8.83. The summed E-state index contributed by atoms with van der Waals surface area (Å²) in [4.78, 5) is 54.9. The van der Waals surface area contributed by atoms with Gasteiger partial charge in [0, 0.05) is 42.8 Å². The van der Waals surface area contributed by atoms with Gasteiger partial charge in [-0.05, 0) is 30.0 Å². The number of benzene rings is 1. The van der Waals surface area contributed by atoms with E-state index < -0.39 is 24.0 Å². The summed E-state index contributed by atoms with van der Waals surface area (Å²) in [7, 11) is 0. The van der Waals surface area contributed by atoms with Crippen molar-refractivity contribution in [3.8, 4) is 0 Å². The predicted molar refractivity (Wildman–Crippen MR) is 119 cm³/mol. The van der Waals surface area contributed by atoms with Crippen LogP contribution in [0, 0.1) is 0 Å². The highest BCUT2D eigenvalue weighted by molar-refractivity contribution is 7.11. The van der Waals surface area contributed by atoms with E-state index in [4.69, 9.17) is 4.74 Å². The summed E-state index contributed by atoms with van der Waals surface area (Å²) in [6.07, 6.45) is -0.564. The molecule has 0 spiro atoms. The van der Waals surface area contributed by atoms with Crippen LogP contribution >= 0.6 is 11.3 Å². The molecule has 2 aliphatic heterocycles. The Hall–Kier alpha value is -3.41. The molecule has 0 bridgehead atoms. The molecule has 3 aliphatic rings. The fourth-order valence-electron chi connectivity index (χ4n) is 4.52. The second-order valence-corrected chi connectivity index (χ2v) is 10.00. The molecule has 5 rings (SSSR count). The molecule has 1 fully saturated rings. The highest BCUT2D eigenvalue weighted by atomic mass is 32.1. The Morgan fingerprint density at radius 1 is 1.29 bits per heavy atom. The zero-order valence-corrected chi connectivity index (χ0v) is 19.4. The third kappa shape index (κ3) is 4.88. The molecule has 9 nitrogen and oxygen atoms in total. The SMILES string of the molecule is O=C1CCC(N2Cc3ccc(CNC(=O)OCc4nc5c(s4)CC(F)(F)CC5)cc3C2=O)C(=O)N1. The van der Waals surface area contributed by atoms with Crippen molar-refractivity contribution < 1.29 is 32.7 Å². The lowest BCUT2D eigenvalue weighted by atomic mass is 9.99. The molecule has 35 heavy (non-hydrogen) atoms. The number of thiazole rings is 1. The van der Waals surface area contributed by atoms with Crippen LogP contribution in [0.5, 0.6) is 0 Å². The molecule has 4 amide bonds. The van der Waals surface area contributed by atoms with Crippen LogP contribution in [-0.2, 0) is 46.9 Å². The number of carbonyl (C=O) groups is 4.